The van der Waals surface area contributed by atoms with E-state index in [9.17, 15) is 9.90 Å². The maximum absolute atomic E-state index is 12.4. The monoisotopic (exact) mass is 391 g/mol. The van der Waals surface area contributed by atoms with Crippen LogP contribution in [0.4, 0.5) is 5.82 Å². The lowest BCUT2D eigenvalue weighted by Gasteiger charge is -2.17. The summed E-state index contributed by atoms with van der Waals surface area (Å²) in [5.74, 6) is 0.688. The molecule has 2 N–H and O–H groups in total. The Kier molecular flexibility index (Phi) is 6.57. The Hall–Kier alpha value is -3.25. The Bertz CT molecular complexity index is 959. The van der Waals surface area contributed by atoms with Crippen LogP contribution < -0.4 is 10.1 Å². The highest BCUT2D eigenvalue weighted by molar-refractivity contribution is 5.92. The number of nitrogens with one attached hydrogen (secondary N) is 1. The molecule has 29 heavy (non-hydrogen) atoms. The average Bonchev–Trinajstić information content (AvgIpc) is 2.78. The van der Waals surface area contributed by atoms with E-state index < -0.39 is 6.10 Å². The lowest BCUT2D eigenvalue weighted by Crippen LogP contribution is -2.22. The largest absolute Gasteiger partial charge is 0.497 e. The molecule has 3 aromatic rings. The predicted octanol–water partition coefficient (Wildman–Crippen LogP) is 4.22. The van der Waals surface area contributed by atoms with Crippen molar-refractivity contribution in [2.24, 2.45) is 5.92 Å². The molecule has 6 heteroatoms. The van der Waals surface area contributed by atoms with E-state index in [1.54, 1.807) is 13.3 Å². The van der Waals surface area contributed by atoms with Gasteiger partial charge in [-0.3, -0.25) is 4.79 Å². The second-order valence-corrected chi connectivity index (χ2v) is 6.83. The van der Waals surface area contributed by atoms with Gasteiger partial charge in [-0.05, 0) is 36.2 Å². The molecule has 0 bridgehead atoms. The molecule has 0 aliphatic rings. The van der Waals surface area contributed by atoms with Gasteiger partial charge in [0.25, 0.3) is 0 Å². The summed E-state index contributed by atoms with van der Waals surface area (Å²) in [6.07, 6.45) is 1.28. The summed E-state index contributed by atoms with van der Waals surface area (Å²) < 4.78 is 5.20. The van der Waals surface area contributed by atoms with Crippen LogP contribution in [-0.4, -0.2) is 28.1 Å². The molecule has 1 amide bonds. The quantitative estimate of drug-likeness (QED) is 0.630. The van der Waals surface area contributed by atoms with Crippen molar-refractivity contribution >= 4 is 11.7 Å². The molecular formula is C23H25N3O3. The number of carbonyl (C=O) groups excluding carboxylic acids is 1. The third kappa shape index (κ3) is 4.78. The van der Waals surface area contributed by atoms with Crippen molar-refractivity contribution < 1.29 is 14.6 Å². The van der Waals surface area contributed by atoms with Gasteiger partial charge in [-0.1, -0.05) is 44.2 Å². The maximum atomic E-state index is 12.4. The molecule has 0 aliphatic heterocycles. The number of hydrogen-bond acceptors (Lipinski definition) is 5. The molecule has 0 spiro atoms. The van der Waals surface area contributed by atoms with Crippen LogP contribution in [0.2, 0.25) is 0 Å². The van der Waals surface area contributed by atoms with Crippen LogP contribution in [0.5, 0.6) is 5.75 Å². The molecule has 0 saturated carbocycles. The fourth-order valence-corrected chi connectivity index (χ4v) is 2.81. The van der Waals surface area contributed by atoms with Gasteiger partial charge in [-0.25, -0.2) is 9.97 Å². The molecule has 0 fully saturated rings. The summed E-state index contributed by atoms with van der Waals surface area (Å²) in [4.78, 5) is 21.5. The Balaban J connectivity index is 2.02. The fourth-order valence-electron chi connectivity index (χ4n) is 2.81. The molecule has 150 valence electrons. The van der Waals surface area contributed by atoms with E-state index in [0.29, 0.717) is 23.4 Å². The first-order valence-electron chi connectivity index (χ1n) is 9.58. The van der Waals surface area contributed by atoms with Gasteiger partial charge >= 0.3 is 0 Å². The number of rotatable bonds is 7. The van der Waals surface area contributed by atoms with Crippen LogP contribution in [0.3, 0.4) is 0 Å². The van der Waals surface area contributed by atoms with Gasteiger partial charge in [0.15, 0.2) is 5.82 Å². The normalized spacial score (nSPS) is 12.8. The smallest absolute Gasteiger partial charge is 0.228 e. The van der Waals surface area contributed by atoms with Crippen LogP contribution in [0.1, 0.15) is 37.6 Å². The summed E-state index contributed by atoms with van der Waals surface area (Å²) >= 11 is 0. The van der Waals surface area contributed by atoms with E-state index in [1.165, 1.54) is 0 Å². The van der Waals surface area contributed by atoms with Gasteiger partial charge < -0.3 is 15.2 Å². The Morgan fingerprint density at radius 1 is 1.14 bits per heavy atom. The van der Waals surface area contributed by atoms with Gasteiger partial charge in [0.2, 0.25) is 5.91 Å². The van der Waals surface area contributed by atoms with Gasteiger partial charge in [-0.15, -0.1) is 0 Å². The molecule has 1 aromatic heterocycles. The molecule has 0 aliphatic carbocycles. The van der Waals surface area contributed by atoms with Crippen molar-refractivity contribution in [2.45, 2.75) is 26.4 Å². The minimum atomic E-state index is -1.02. The van der Waals surface area contributed by atoms with Crippen molar-refractivity contribution in [2.75, 3.05) is 12.4 Å². The first kappa shape index (κ1) is 20.5. The molecule has 6 nitrogen and oxygen atoms in total. The summed E-state index contributed by atoms with van der Waals surface area (Å²) in [6.45, 7) is 3.80. The molecule has 1 heterocycles. The van der Waals surface area contributed by atoms with E-state index in [0.717, 1.165) is 11.3 Å². The topological polar surface area (TPSA) is 84.3 Å². The number of hydrogen-bond donors (Lipinski definition) is 2. The molecule has 0 saturated heterocycles. The summed E-state index contributed by atoms with van der Waals surface area (Å²) in [6, 6.07) is 16.6. The Morgan fingerprint density at radius 2 is 1.83 bits per heavy atom. The zero-order valence-electron chi connectivity index (χ0n) is 16.8. The van der Waals surface area contributed by atoms with Crippen molar-refractivity contribution in [3.8, 4) is 17.0 Å². The average molecular weight is 391 g/mol. The number of carbonyl (C=O) groups is 1. The van der Waals surface area contributed by atoms with Crippen LogP contribution in [0, 0.1) is 5.92 Å². The van der Waals surface area contributed by atoms with E-state index in [4.69, 9.17) is 4.74 Å². The molecule has 3 rings (SSSR count). The zero-order chi connectivity index (χ0) is 20.8. The number of aliphatic hydroxyl groups excluding tert-OH is 1. The standard InChI is InChI=1S/C23H25N3O3/c1-4-15(2)23(28)26-22-20(21(27)17-8-6-5-7-9-17)25-19(14-24-22)16-10-12-18(29-3)13-11-16/h5-15,21,27H,4H2,1-3H3,(H,24,26,28). The molecule has 2 atom stereocenters. The van der Waals surface area contributed by atoms with Crippen LogP contribution in [0.25, 0.3) is 11.3 Å². The molecule has 2 unspecified atom stereocenters. The van der Waals surface area contributed by atoms with Crippen LogP contribution in [-0.2, 0) is 4.79 Å². The first-order chi connectivity index (χ1) is 14.0. The highest BCUT2D eigenvalue weighted by atomic mass is 16.5. The van der Waals surface area contributed by atoms with E-state index in [2.05, 4.69) is 15.3 Å². The van der Waals surface area contributed by atoms with Crippen LogP contribution in [0.15, 0.2) is 60.8 Å². The third-order valence-electron chi connectivity index (χ3n) is 4.86. The SMILES string of the molecule is CCC(C)C(=O)Nc1ncc(-c2ccc(OC)cc2)nc1C(O)c1ccccc1. The lowest BCUT2D eigenvalue weighted by molar-refractivity contribution is -0.119. The maximum Gasteiger partial charge on any atom is 0.228 e. The van der Waals surface area contributed by atoms with E-state index >= 15 is 0 Å². The second-order valence-electron chi connectivity index (χ2n) is 6.83. The lowest BCUT2D eigenvalue weighted by atomic mass is 10.0. The molecule has 0 radical (unpaired) electrons. The number of methoxy groups -OCH3 is 1. The number of anilines is 1. The summed E-state index contributed by atoms with van der Waals surface area (Å²) in [7, 11) is 1.61. The third-order valence-corrected chi connectivity index (χ3v) is 4.86. The zero-order valence-corrected chi connectivity index (χ0v) is 16.8. The number of amides is 1. The van der Waals surface area contributed by atoms with Gasteiger partial charge in [0.05, 0.1) is 19.0 Å². The minimum absolute atomic E-state index is 0.152. The fraction of sp³-hybridized carbons (Fsp3) is 0.261. The summed E-state index contributed by atoms with van der Waals surface area (Å²) in [5, 5.41) is 13.8. The van der Waals surface area contributed by atoms with Crippen molar-refractivity contribution in [1.29, 1.82) is 0 Å². The molecular weight excluding hydrogens is 366 g/mol. The number of aliphatic hydroxyl groups is 1. The highest BCUT2D eigenvalue weighted by Gasteiger charge is 2.21. The molecule has 2 aromatic carbocycles. The van der Waals surface area contributed by atoms with E-state index in [1.807, 2.05) is 68.4 Å². The second kappa shape index (κ2) is 9.30. The number of nitrogens with zero attached hydrogens (tertiary/aromatic N) is 2. The van der Waals surface area contributed by atoms with Crippen molar-refractivity contribution in [3.05, 3.63) is 72.1 Å². The number of benzene rings is 2. The van der Waals surface area contributed by atoms with Crippen molar-refractivity contribution in [1.82, 2.24) is 9.97 Å². The highest BCUT2D eigenvalue weighted by Crippen LogP contribution is 2.29. The van der Waals surface area contributed by atoms with Crippen molar-refractivity contribution in [3.63, 3.8) is 0 Å². The van der Waals surface area contributed by atoms with Crippen LogP contribution >= 0.6 is 0 Å². The number of aromatic nitrogens is 2. The van der Waals surface area contributed by atoms with Gasteiger partial charge in [0.1, 0.15) is 17.5 Å². The van der Waals surface area contributed by atoms with E-state index in [-0.39, 0.29) is 17.6 Å². The Morgan fingerprint density at radius 3 is 2.45 bits per heavy atom. The minimum Gasteiger partial charge on any atom is -0.497 e. The van der Waals surface area contributed by atoms with Gasteiger partial charge in [0, 0.05) is 11.5 Å². The first-order valence-corrected chi connectivity index (χ1v) is 9.58. The Labute approximate surface area is 170 Å². The predicted molar refractivity (Wildman–Crippen MR) is 113 cm³/mol. The number of ether oxygens (including phenoxy) is 1. The summed E-state index contributed by atoms with van der Waals surface area (Å²) in [5.41, 5.74) is 2.41. The van der Waals surface area contributed by atoms with Gasteiger partial charge in [-0.2, -0.15) is 0 Å².